The van der Waals surface area contributed by atoms with Crippen molar-refractivity contribution in [3.05, 3.63) is 58.4 Å². The van der Waals surface area contributed by atoms with E-state index in [-0.39, 0.29) is 0 Å². The summed E-state index contributed by atoms with van der Waals surface area (Å²) >= 11 is 1.24. The number of benzene rings is 2. The summed E-state index contributed by atoms with van der Waals surface area (Å²) in [6.07, 6.45) is 0. The number of halogens is 2. The van der Waals surface area contributed by atoms with Gasteiger partial charge in [-0.3, -0.25) is 4.79 Å². The maximum Gasteiger partial charge on any atom is 0.285 e. The van der Waals surface area contributed by atoms with Crippen LogP contribution in [0.1, 0.15) is 10.4 Å². The molecule has 23 heavy (non-hydrogen) atoms. The number of fused-ring (bicyclic) bond motifs is 1. The lowest BCUT2D eigenvalue weighted by Crippen LogP contribution is -2.14. The second-order valence-corrected chi connectivity index (χ2v) is 5.80. The van der Waals surface area contributed by atoms with Gasteiger partial charge in [0.25, 0.3) is 5.91 Å². The molecular weight excluding hydrogens is 322 g/mol. The molecule has 4 nitrogen and oxygen atoms in total. The van der Waals surface area contributed by atoms with Crippen LogP contribution >= 0.6 is 11.3 Å². The van der Waals surface area contributed by atoms with Crippen LogP contribution in [0.4, 0.5) is 8.78 Å². The summed E-state index contributed by atoms with van der Waals surface area (Å²) < 4.78 is 35.0. The molecule has 0 spiro atoms. The van der Waals surface area contributed by atoms with E-state index in [9.17, 15) is 13.6 Å². The van der Waals surface area contributed by atoms with Gasteiger partial charge in [-0.25, -0.2) is 8.78 Å². The molecule has 2 aromatic carbocycles. The Labute approximate surface area is 134 Å². The molecule has 0 radical (unpaired) electrons. The van der Waals surface area contributed by atoms with Gasteiger partial charge < -0.3 is 9.30 Å². The summed E-state index contributed by atoms with van der Waals surface area (Å²) in [6, 6.07) is 8.69. The lowest BCUT2D eigenvalue weighted by Gasteiger charge is -2.00. The highest BCUT2D eigenvalue weighted by atomic mass is 32.1. The number of carbonyl (C=O) groups is 1. The Kier molecular flexibility index (Phi) is 3.96. The smallest absolute Gasteiger partial charge is 0.285 e. The van der Waals surface area contributed by atoms with E-state index in [1.807, 2.05) is 12.1 Å². The van der Waals surface area contributed by atoms with E-state index in [1.165, 1.54) is 17.4 Å². The molecule has 7 heteroatoms. The van der Waals surface area contributed by atoms with Crippen molar-refractivity contribution in [1.82, 2.24) is 4.57 Å². The van der Waals surface area contributed by atoms with Gasteiger partial charge in [-0.2, -0.15) is 4.99 Å². The van der Waals surface area contributed by atoms with Crippen LogP contribution in [0.25, 0.3) is 10.2 Å². The maximum atomic E-state index is 13.7. The quantitative estimate of drug-likeness (QED) is 0.722. The molecule has 0 aliphatic rings. The van der Waals surface area contributed by atoms with Gasteiger partial charge in [-0.15, -0.1) is 0 Å². The molecule has 1 heterocycles. The molecule has 1 amide bonds. The van der Waals surface area contributed by atoms with Crippen molar-refractivity contribution in [2.24, 2.45) is 12.0 Å². The average molecular weight is 334 g/mol. The number of aromatic nitrogens is 1. The number of carbonyl (C=O) groups excluding carboxylic acids is 1. The van der Waals surface area contributed by atoms with E-state index in [4.69, 9.17) is 4.74 Å². The Hall–Kier alpha value is -2.54. The van der Waals surface area contributed by atoms with E-state index in [0.717, 1.165) is 22.3 Å². The van der Waals surface area contributed by atoms with Gasteiger partial charge in [-0.1, -0.05) is 17.4 Å². The van der Waals surface area contributed by atoms with Gasteiger partial charge in [0.15, 0.2) is 4.80 Å². The summed E-state index contributed by atoms with van der Waals surface area (Å²) in [6.45, 7) is 0. The number of amides is 1. The fourth-order valence-corrected chi connectivity index (χ4v) is 3.24. The fourth-order valence-electron chi connectivity index (χ4n) is 2.19. The Morgan fingerprint density at radius 3 is 2.57 bits per heavy atom. The molecule has 0 bridgehead atoms. The lowest BCUT2D eigenvalue weighted by atomic mass is 10.2. The second-order valence-electron chi connectivity index (χ2n) is 4.79. The van der Waals surface area contributed by atoms with Crippen LogP contribution in [0.5, 0.6) is 5.75 Å². The second kappa shape index (κ2) is 5.92. The molecule has 0 saturated carbocycles. The number of rotatable bonds is 2. The first-order valence-corrected chi connectivity index (χ1v) is 7.49. The molecule has 3 rings (SSSR count). The zero-order valence-electron chi connectivity index (χ0n) is 12.3. The number of nitrogens with zero attached hydrogens (tertiary/aromatic N) is 2. The van der Waals surface area contributed by atoms with E-state index in [0.29, 0.717) is 10.6 Å². The Morgan fingerprint density at radius 2 is 1.91 bits per heavy atom. The summed E-state index contributed by atoms with van der Waals surface area (Å²) in [5, 5.41) is 0. The molecule has 0 unspecified atom stereocenters. The predicted molar refractivity (Wildman–Crippen MR) is 83.6 cm³/mol. The highest BCUT2D eigenvalue weighted by Gasteiger charge is 2.17. The Bertz CT molecular complexity index is 956. The third-order valence-corrected chi connectivity index (χ3v) is 4.48. The van der Waals surface area contributed by atoms with Crippen molar-refractivity contribution in [3.8, 4) is 5.75 Å². The van der Waals surface area contributed by atoms with E-state index >= 15 is 0 Å². The van der Waals surface area contributed by atoms with Crippen LogP contribution in [0.2, 0.25) is 0 Å². The van der Waals surface area contributed by atoms with Crippen LogP contribution in [0.15, 0.2) is 41.4 Å². The molecule has 0 N–H and O–H groups in total. The first-order chi connectivity index (χ1) is 11.0. The SMILES string of the molecule is COc1ccc2c(c1)sc(=NC(=O)c1c(F)cccc1F)n2C. The third kappa shape index (κ3) is 2.75. The monoisotopic (exact) mass is 334 g/mol. The van der Waals surface area contributed by atoms with Gasteiger partial charge in [0.05, 0.1) is 17.3 Å². The van der Waals surface area contributed by atoms with Gasteiger partial charge in [0.2, 0.25) is 0 Å². The first kappa shape index (κ1) is 15.4. The standard InChI is InChI=1S/C16H12F2N2O2S/c1-20-12-7-6-9(22-2)8-13(12)23-16(20)19-15(21)14-10(17)4-3-5-11(14)18/h3-8H,1-2H3. The molecule has 0 aliphatic heterocycles. The predicted octanol–water partition coefficient (Wildman–Crippen LogP) is 3.27. The van der Waals surface area contributed by atoms with Crippen LogP contribution < -0.4 is 9.54 Å². The number of hydrogen-bond acceptors (Lipinski definition) is 3. The number of thiazole rings is 1. The van der Waals surface area contributed by atoms with Crippen LogP contribution in [-0.2, 0) is 7.05 Å². The van der Waals surface area contributed by atoms with E-state index in [1.54, 1.807) is 24.8 Å². The molecule has 0 saturated heterocycles. The van der Waals surface area contributed by atoms with Crippen LogP contribution in [0, 0.1) is 11.6 Å². The lowest BCUT2D eigenvalue weighted by molar-refractivity contribution is 0.0990. The van der Waals surface area contributed by atoms with Gasteiger partial charge in [0.1, 0.15) is 22.9 Å². The van der Waals surface area contributed by atoms with Crippen LogP contribution in [-0.4, -0.2) is 17.6 Å². The Morgan fingerprint density at radius 1 is 1.22 bits per heavy atom. The van der Waals surface area contributed by atoms with Crippen LogP contribution in [0.3, 0.4) is 0 Å². The molecule has 1 aromatic heterocycles. The fraction of sp³-hybridized carbons (Fsp3) is 0.125. The third-order valence-electron chi connectivity index (χ3n) is 3.39. The van der Waals surface area contributed by atoms with Crippen molar-refractivity contribution in [2.75, 3.05) is 7.11 Å². The zero-order chi connectivity index (χ0) is 16.6. The molecule has 0 atom stereocenters. The highest BCUT2D eigenvalue weighted by molar-refractivity contribution is 7.16. The molecule has 0 fully saturated rings. The van der Waals surface area contributed by atoms with Gasteiger partial charge in [-0.05, 0) is 30.3 Å². The maximum absolute atomic E-state index is 13.7. The Balaban J connectivity index is 2.14. The average Bonchev–Trinajstić information content (AvgIpc) is 2.82. The summed E-state index contributed by atoms with van der Waals surface area (Å²) in [5.74, 6) is -2.12. The first-order valence-electron chi connectivity index (χ1n) is 6.68. The minimum absolute atomic E-state index is 0.348. The number of ether oxygens (including phenoxy) is 1. The van der Waals surface area contributed by atoms with E-state index < -0.39 is 23.1 Å². The zero-order valence-corrected chi connectivity index (χ0v) is 13.2. The number of aryl methyl sites for hydroxylation is 1. The largest absolute Gasteiger partial charge is 0.497 e. The molecule has 0 aliphatic carbocycles. The van der Waals surface area contributed by atoms with Crippen molar-refractivity contribution in [3.63, 3.8) is 0 Å². The van der Waals surface area contributed by atoms with Crippen molar-refractivity contribution >= 4 is 27.5 Å². The molecular formula is C16H12F2N2O2S. The van der Waals surface area contributed by atoms with Crippen molar-refractivity contribution in [1.29, 1.82) is 0 Å². The highest BCUT2D eigenvalue weighted by Crippen LogP contribution is 2.22. The molecule has 118 valence electrons. The molecule has 3 aromatic rings. The summed E-state index contributed by atoms with van der Waals surface area (Å²) in [7, 11) is 3.29. The summed E-state index contributed by atoms with van der Waals surface area (Å²) in [4.78, 5) is 16.3. The van der Waals surface area contributed by atoms with E-state index in [2.05, 4.69) is 4.99 Å². The number of methoxy groups -OCH3 is 1. The normalized spacial score (nSPS) is 11.9. The van der Waals surface area contributed by atoms with Gasteiger partial charge >= 0.3 is 0 Å². The minimum Gasteiger partial charge on any atom is -0.497 e. The van der Waals surface area contributed by atoms with Gasteiger partial charge in [0, 0.05) is 7.05 Å². The summed E-state index contributed by atoms with van der Waals surface area (Å²) in [5.41, 5.74) is 0.193. The topological polar surface area (TPSA) is 43.6 Å². The van der Waals surface area contributed by atoms with Crippen molar-refractivity contribution in [2.45, 2.75) is 0 Å². The van der Waals surface area contributed by atoms with Crippen molar-refractivity contribution < 1.29 is 18.3 Å². The minimum atomic E-state index is -0.949. The number of hydrogen-bond donors (Lipinski definition) is 0.